The molecule has 2 fully saturated rings. The minimum absolute atomic E-state index is 0.0116. The van der Waals surface area contributed by atoms with E-state index in [9.17, 15) is 9.90 Å². The van der Waals surface area contributed by atoms with Crippen molar-refractivity contribution in [3.63, 3.8) is 0 Å². The van der Waals surface area contributed by atoms with Crippen LogP contribution in [0.25, 0.3) is 0 Å². The largest absolute Gasteiger partial charge is 0.493 e. The molecule has 8 heteroatoms. The molecule has 1 aromatic carbocycles. The van der Waals surface area contributed by atoms with Crippen molar-refractivity contribution in [3.05, 3.63) is 45.4 Å². The maximum atomic E-state index is 11.0. The van der Waals surface area contributed by atoms with Crippen LogP contribution in [0.5, 0.6) is 5.75 Å². The summed E-state index contributed by atoms with van der Waals surface area (Å²) in [5, 5.41) is 22.4. The van der Waals surface area contributed by atoms with Gasteiger partial charge in [-0.1, -0.05) is 11.6 Å². The van der Waals surface area contributed by atoms with Gasteiger partial charge in [-0.2, -0.15) is 0 Å². The molecule has 1 saturated heterocycles. The number of thiazole rings is 1. The first kappa shape index (κ1) is 18.7. The number of aromatic nitrogens is 1. The van der Waals surface area contributed by atoms with Crippen LogP contribution in [0.3, 0.4) is 0 Å². The van der Waals surface area contributed by atoms with Gasteiger partial charge in [-0.05, 0) is 43.0 Å². The third kappa shape index (κ3) is 3.96. The standard InChI is InChI=1S/C19H20ClNO5S/c20-10-1-3-11(4-2-10)25-8-13-12-5-6-16(26-17(12)7-15(13)22)18-21-14(9-27-18)19(23)24/h1-4,9,12-13,15-17,22H,5-8H2,(H,23,24)/t12-,13+,15-,16-,17+/m1/s1. The van der Waals surface area contributed by atoms with Gasteiger partial charge in [-0.15, -0.1) is 11.3 Å². The van der Waals surface area contributed by atoms with Crippen LogP contribution in [0.2, 0.25) is 5.02 Å². The molecule has 2 N–H and O–H groups in total. The quantitative estimate of drug-likeness (QED) is 0.781. The second-order valence-corrected chi connectivity index (χ2v) is 8.34. The number of carboxylic acid groups (broad SMARTS) is 1. The molecular formula is C19H20ClNO5S. The molecule has 0 radical (unpaired) electrons. The van der Waals surface area contributed by atoms with Gasteiger partial charge in [-0.3, -0.25) is 0 Å². The van der Waals surface area contributed by atoms with Crippen LogP contribution in [0.1, 0.15) is 40.9 Å². The Morgan fingerprint density at radius 3 is 2.81 bits per heavy atom. The Kier molecular flexibility index (Phi) is 5.36. The normalized spacial score (nSPS) is 30.1. The lowest BCUT2D eigenvalue weighted by molar-refractivity contribution is -0.0811. The molecule has 0 bridgehead atoms. The number of rotatable bonds is 5. The number of nitrogens with zero attached hydrogens (tertiary/aromatic N) is 1. The third-order valence-electron chi connectivity index (χ3n) is 5.37. The maximum Gasteiger partial charge on any atom is 0.355 e. The van der Waals surface area contributed by atoms with E-state index in [1.165, 1.54) is 11.3 Å². The fourth-order valence-corrected chi connectivity index (χ4v) is 4.99. The second-order valence-electron chi connectivity index (χ2n) is 7.01. The number of benzene rings is 1. The zero-order valence-corrected chi connectivity index (χ0v) is 16.0. The zero-order valence-electron chi connectivity index (χ0n) is 14.5. The minimum atomic E-state index is -1.03. The average Bonchev–Trinajstić information content (AvgIpc) is 3.25. The van der Waals surface area contributed by atoms with Crippen molar-refractivity contribution in [2.45, 2.75) is 37.6 Å². The number of hydrogen-bond acceptors (Lipinski definition) is 6. The lowest BCUT2D eigenvalue weighted by Crippen LogP contribution is -2.33. The number of carboxylic acids is 1. The van der Waals surface area contributed by atoms with Crippen LogP contribution in [0.4, 0.5) is 0 Å². The van der Waals surface area contributed by atoms with Crippen molar-refractivity contribution in [2.75, 3.05) is 6.61 Å². The highest BCUT2D eigenvalue weighted by atomic mass is 35.5. The SMILES string of the molecule is O=C(O)c1csc([C@H]2CC[C@@H]3[C@H](COc4ccc(Cl)cc4)[C@H](O)C[C@@H]3O2)n1. The number of aliphatic hydroxyl groups is 1. The number of carbonyl (C=O) groups is 1. The first-order chi connectivity index (χ1) is 13.0. The topological polar surface area (TPSA) is 88.9 Å². The van der Waals surface area contributed by atoms with E-state index in [0.29, 0.717) is 23.1 Å². The molecule has 0 amide bonds. The number of hydrogen-bond donors (Lipinski definition) is 2. The van der Waals surface area contributed by atoms with Crippen LogP contribution in [0, 0.1) is 11.8 Å². The summed E-state index contributed by atoms with van der Waals surface area (Å²) in [6, 6.07) is 7.19. The Bertz CT molecular complexity index is 811. The average molecular weight is 410 g/mol. The highest BCUT2D eigenvalue weighted by Crippen LogP contribution is 2.46. The van der Waals surface area contributed by atoms with Crippen LogP contribution in [-0.2, 0) is 4.74 Å². The van der Waals surface area contributed by atoms with Crippen molar-refractivity contribution < 1.29 is 24.5 Å². The van der Waals surface area contributed by atoms with E-state index in [1.807, 2.05) is 12.1 Å². The number of aliphatic hydroxyl groups excluding tert-OH is 1. The van der Waals surface area contributed by atoms with Gasteiger partial charge in [0, 0.05) is 22.7 Å². The van der Waals surface area contributed by atoms with Crippen molar-refractivity contribution in [1.29, 1.82) is 0 Å². The van der Waals surface area contributed by atoms with Crippen LogP contribution >= 0.6 is 22.9 Å². The number of fused-ring (bicyclic) bond motifs is 1. The number of halogens is 1. The third-order valence-corrected chi connectivity index (χ3v) is 6.56. The molecule has 0 spiro atoms. The molecule has 27 heavy (non-hydrogen) atoms. The van der Waals surface area contributed by atoms with Gasteiger partial charge < -0.3 is 19.7 Å². The molecule has 5 atom stereocenters. The Morgan fingerprint density at radius 2 is 2.11 bits per heavy atom. The van der Waals surface area contributed by atoms with Crippen molar-refractivity contribution in [1.82, 2.24) is 4.98 Å². The highest BCUT2D eigenvalue weighted by Gasteiger charge is 2.47. The van der Waals surface area contributed by atoms with Gasteiger partial charge in [0.25, 0.3) is 0 Å². The fraction of sp³-hybridized carbons (Fsp3) is 0.474. The van der Waals surface area contributed by atoms with E-state index in [4.69, 9.17) is 26.2 Å². The molecule has 1 aliphatic heterocycles. The first-order valence-corrected chi connectivity index (χ1v) is 10.2. The number of aromatic carboxylic acids is 1. The van der Waals surface area contributed by atoms with Crippen LogP contribution in [0.15, 0.2) is 29.6 Å². The Hall–Kier alpha value is -1.67. The molecule has 2 aromatic rings. The van der Waals surface area contributed by atoms with E-state index in [1.54, 1.807) is 17.5 Å². The summed E-state index contributed by atoms with van der Waals surface area (Å²) in [6.07, 6.45) is 1.48. The van der Waals surface area contributed by atoms with Gasteiger partial charge in [0.1, 0.15) is 16.9 Å². The van der Waals surface area contributed by atoms with Gasteiger partial charge in [0.2, 0.25) is 0 Å². The first-order valence-electron chi connectivity index (χ1n) is 8.92. The molecule has 6 nitrogen and oxygen atoms in total. The Morgan fingerprint density at radius 1 is 1.33 bits per heavy atom. The molecule has 1 aromatic heterocycles. The molecule has 1 saturated carbocycles. The molecule has 2 aliphatic rings. The smallest absolute Gasteiger partial charge is 0.355 e. The maximum absolute atomic E-state index is 11.0. The van der Waals surface area contributed by atoms with Gasteiger partial charge in [0.15, 0.2) is 5.69 Å². The van der Waals surface area contributed by atoms with E-state index in [-0.39, 0.29) is 29.7 Å². The van der Waals surface area contributed by atoms with Gasteiger partial charge in [0.05, 0.1) is 18.8 Å². The minimum Gasteiger partial charge on any atom is -0.493 e. The molecule has 144 valence electrons. The summed E-state index contributed by atoms with van der Waals surface area (Å²) in [5.74, 6) is -0.0597. The monoisotopic (exact) mass is 409 g/mol. The van der Waals surface area contributed by atoms with Crippen molar-refractivity contribution in [2.24, 2.45) is 11.8 Å². The van der Waals surface area contributed by atoms with E-state index in [2.05, 4.69) is 4.98 Å². The summed E-state index contributed by atoms with van der Waals surface area (Å²) in [4.78, 5) is 15.2. The molecule has 0 unspecified atom stereocenters. The fourth-order valence-electron chi connectivity index (χ4n) is 4.00. The zero-order chi connectivity index (χ0) is 19.0. The summed E-state index contributed by atoms with van der Waals surface area (Å²) in [5.41, 5.74) is 0.0569. The summed E-state index contributed by atoms with van der Waals surface area (Å²) >= 11 is 7.20. The van der Waals surface area contributed by atoms with Crippen LogP contribution in [-0.4, -0.2) is 40.0 Å². The predicted octanol–water partition coefficient (Wildman–Crippen LogP) is 3.79. The highest BCUT2D eigenvalue weighted by molar-refractivity contribution is 7.09. The Labute approximate surface area is 165 Å². The van der Waals surface area contributed by atoms with E-state index in [0.717, 1.165) is 18.6 Å². The lowest BCUT2D eigenvalue weighted by atomic mass is 9.87. The van der Waals surface area contributed by atoms with Crippen molar-refractivity contribution >= 4 is 28.9 Å². The van der Waals surface area contributed by atoms with Gasteiger partial charge in [-0.25, -0.2) is 9.78 Å². The number of ether oxygens (including phenoxy) is 2. The van der Waals surface area contributed by atoms with E-state index < -0.39 is 12.1 Å². The summed E-state index contributed by atoms with van der Waals surface area (Å²) in [6.45, 7) is 0.429. The summed E-state index contributed by atoms with van der Waals surface area (Å²) in [7, 11) is 0. The molecule has 4 rings (SSSR count). The van der Waals surface area contributed by atoms with Crippen LogP contribution < -0.4 is 4.74 Å². The van der Waals surface area contributed by atoms with E-state index >= 15 is 0 Å². The van der Waals surface area contributed by atoms with Crippen molar-refractivity contribution in [3.8, 4) is 5.75 Å². The summed E-state index contributed by atoms with van der Waals surface area (Å²) < 4.78 is 12.0. The lowest BCUT2D eigenvalue weighted by Gasteiger charge is -2.33. The second kappa shape index (κ2) is 7.75. The Balaban J connectivity index is 1.38. The molecule has 2 heterocycles. The molecular weight excluding hydrogens is 390 g/mol. The molecule has 1 aliphatic carbocycles. The van der Waals surface area contributed by atoms with Gasteiger partial charge >= 0.3 is 5.97 Å². The predicted molar refractivity (Wildman–Crippen MR) is 100 cm³/mol.